The third-order valence-electron chi connectivity index (χ3n) is 3.65. The smallest absolute Gasteiger partial charge is 0.326 e. The van der Waals surface area contributed by atoms with Gasteiger partial charge in [-0.2, -0.15) is 12.6 Å². The molecule has 0 aromatic rings. The number of carboxylic acid groups (broad SMARTS) is 1. The van der Waals surface area contributed by atoms with Crippen molar-refractivity contribution in [3.8, 4) is 0 Å². The van der Waals surface area contributed by atoms with Gasteiger partial charge in [-0.15, -0.1) is 0 Å². The van der Waals surface area contributed by atoms with Crippen LogP contribution >= 0.6 is 12.6 Å². The summed E-state index contributed by atoms with van der Waals surface area (Å²) in [6, 6.07) is -3.39. The fourth-order valence-corrected chi connectivity index (χ4v) is 2.50. The Hall–Kier alpha value is -2.34. The van der Waals surface area contributed by atoms with Gasteiger partial charge in [0, 0.05) is 12.2 Å². The molecule has 0 saturated heterocycles. The lowest BCUT2D eigenvalue weighted by atomic mass is 10.0. The maximum Gasteiger partial charge on any atom is 0.326 e. The predicted molar refractivity (Wildman–Crippen MR) is 104 cm³/mol. The van der Waals surface area contributed by atoms with E-state index in [1.807, 2.05) is 13.8 Å². The lowest BCUT2D eigenvalue weighted by molar-refractivity contribution is -0.142. The highest BCUT2D eigenvalue weighted by Crippen LogP contribution is 2.06. The Balaban J connectivity index is 5.10. The molecule has 0 aromatic heterocycles. The minimum atomic E-state index is -1.19. The Morgan fingerprint density at radius 3 is 1.93 bits per heavy atom. The molecule has 0 heterocycles. The lowest BCUT2D eigenvalue weighted by Gasteiger charge is -2.24. The quantitative estimate of drug-likeness (QED) is 0.163. The minimum Gasteiger partial charge on any atom is -0.480 e. The van der Waals surface area contributed by atoms with E-state index < -0.39 is 47.7 Å². The van der Waals surface area contributed by atoms with Crippen molar-refractivity contribution in [2.75, 3.05) is 12.3 Å². The molecule has 0 fully saturated rings. The minimum absolute atomic E-state index is 0.0232. The average molecular weight is 420 g/mol. The number of nitrogens with one attached hydrogen (secondary N) is 3. The highest BCUT2D eigenvalue weighted by Gasteiger charge is 2.29. The molecule has 160 valence electrons. The molecule has 0 aliphatic rings. The van der Waals surface area contributed by atoms with Crippen molar-refractivity contribution < 1.29 is 29.1 Å². The first kappa shape index (κ1) is 25.7. The van der Waals surface area contributed by atoms with Crippen LogP contribution in [-0.4, -0.2) is 65.1 Å². The molecule has 4 amide bonds. The molecular weight excluding hydrogens is 390 g/mol. The number of hydrogen-bond acceptors (Lipinski definition) is 7. The van der Waals surface area contributed by atoms with Crippen LogP contribution in [0.25, 0.3) is 0 Å². The number of amides is 4. The topological polar surface area (TPSA) is 194 Å². The van der Waals surface area contributed by atoms with Crippen LogP contribution in [0.4, 0.5) is 0 Å². The molecule has 0 spiro atoms. The van der Waals surface area contributed by atoms with Crippen LogP contribution < -0.4 is 27.4 Å². The number of rotatable bonds is 13. The van der Waals surface area contributed by atoms with Crippen LogP contribution in [0.5, 0.6) is 0 Å². The van der Waals surface area contributed by atoms with E-state index in [1.165, 1.54) is 0 Å². The van der Waals surface area contributed by atoms with Crippen molar-refractivity contribution in [3.63, 3.8) is 0 Å². The summed E-state index contributed by atoms with van der Waals surface area (Å²) in [5.41, 5.74) is 10.3. The van der Waals surface area contributed by atoms with E-state index in [9.17, 15) is 29.1 Å². The molecule has 28 heavy (non-hydrogen) atoms. The van der Waals surface area contributed by atoms with Gasteiger partial charge in [0.05, 0.1) is 6.54 Å². The van der Waals surface area contributed by atoms with Crippen LogP contribution in [0.1, 0.15) is 33.1 Å². The van der Waals surface area contributed by atoms with Gasteiger partial charge in [-0.25, -0.2) is 4.79 Å². The fourth-order valence-electron chi connectivity index (χ4n) is 2.24. The second kappa shape index (κ2) is 12.9. The number of hydrogen-bond donors (Lipinski definition) is 7. The molecule has 3 atom stereocenters. The van der Waals surface area contributed by atoms with Crippen molar-refractivity contribution in [2.24, 2.45) is 17.4 Å². The van der Waals surface area contributed by atoms with Crippen molar-refractivity contribution in [2.45, 2.75) is 51.2 Å². The third kappa shape index (κ3) is 10.1. The summed E-state index contributed by atoms with van der Waals surface area (Å²) < 4.78 is 0. The summed E-state index contributed by atoms with van der Waals surface area (Å²) in [5.74, 6) is -4.04. The van der Waals surface area contributed by atoms with Crippen molar-refractivity contribution in [3.05, 3.63) is 0 Å². The van der Waals surface area contributed by atoms with E-state index >= 15 is 0 Å². The first-order chi connectivity index (χ1) is 13.0. The zero-order chi connectivity index (χ0) is 21.9. The lowest BCUT2D eigenvalue weighted by Crippen LogP contribution is -2.57. The molecule has 0 radical (unpaired) electrons. The van der Waals surface area contributed by atoms with Crippen molar-refractivity contribution >= 4 is 42.2 Å². The molecule has 3 unspecified atom stereocenters. The van der Waals surface area contributed by atoms with Crippen LogP contribution in [0, 0.1) is 5.92 Å². The molecule has 0 rings (SSSR count). The number of thiol groups is 1. The number of nitrogens with two attached hydrogens (primary N) is 2. The van der Waals surface area contributed by atoms with Gasteiger partial charge >= 0.3 is 5.97 Å². The molecule has 11 nitrogen and oxygen atoms in total. The summed E-state index contributed by atoms with van der Waals surface area (Å²) in [6.07, 6.45) is -0.0445. The zero-order valence-corrected chi connectivity index (χ0v) is 16.8. The summed E-state index contributed by atoms with van der Waals surface area (Å²) in [7, 11) is 0. The molecule has 0 bridgehead atoms. The summed E-state index contributed by atoms with van der Waals surface area (Å²) in [4.78, 5) is 58.5. The van der Waals surface area contributed by atoms with E-state index in [4.69, 9.17) is 11.5 Å². The van der Waals surface area contributed by atoms with E-state index in [1.54, 1.807) is 0 Å². The number of carbonyl (C=O) groups is 5. The molecule has 0 aliphatic heterocycles. The standard InChI is InChI=1S/C16H29N5O6S/c1-8(2)5-10(16(26)27)20-15(25)11(7-28)21-14(24)9(3-4-12(18)22)19-13(23)6-17/h8-11,28H,3-7,17H2,1-2H3,(H2,18,22)(H,19,23)(H,20,25)(H,21,24)(H,26,27). The monoisotopic (exact) mass is 419 g/mol. The van der Waals surface area contributed by atoms with Crippen LogP contribution in [-0.2, 0) is 24.0 Å². The number of carboxylic acids is 1. The highest BCUT2D eigenvalue weighted by molar-refractivity contribution is 7.80. The Morgan fingerprint density at radius 2 is 1.50 bits per heavy atom. The first-order valence-corrected chi connectivity index (χ1v) is 9.37. The second-order valence-corrected chi connectivity index (χ2v) is 6.97. The Labute approximate surface area is 168 Å². The van der Waals surface area contributed by atoms with Gasteiger partial charge in [-0.1, -0.05) is 13.8 Å². The summed E-state index contributed by atoms with van der Waals surface area (Å²) in [6.45, 7) is 3.25. The molecule has 12 heteroatoms. The Morgan fingerprint density at radius 1 is 0.964 bits per heavy atom. The molecule has 0 aromatic carbocycles. The summed E-state index contributed by atoms with van der Waals surface area (Å²) in [5, 5.41) is 16.3. The van der Waals surface area contributed by atoms with Crippen LogP contribution in [0.15, 0.2) is 0 Å². The van der Waals surface area contributed by atoms with Crippen molar-refractivity contribution in [1.82, 2.24) is 16.0 Å². The maximum absolute atomic E-state index is 12.4. The molecule has 0 aliphatic carbocycles. The van der Waals surface area contributed by atoms with Gasteiger partial charge in [0.15, 0.2) is 0 Å². The van der Waals surface area contributed by atoms with E-state index in [0.29, 0.717) is 0 Å². The van der Waals surface area contributed by atoms with Gasteiger partial charge in [0.1, 0.15) is 18.1 Å². The molecular formula is C16H29N5O6S. The SMILES string of the molecule is CC(C)CC(NC(=O)C(CS)NC(=O)C(CCC(N)=O)NC(=O)CN)C(=O)O. The van der Waals surface area contributed by atoms with E-state index in [2.05, 4.69) is 28.6 Å². The van der Waals surface area contributed by atoms with Gasteiger partial charge in [-0.3, -0.25) is 19.2 Å². The van der Waals surface area contributed by atoms with Crippen LogP contribution in [0.2, 0.25) is 0 Å². The van der Waals surface area contributed by atoms with Crippen LogP contribution in [0.3, 0.4) is 0 Å². The maximum atomic E-state index is 12.4. The third-order valence-corrected chi connectivity index (χ3v) is 4.02. The van der Waals surface area contributed by atoms with E-state index in [-0.39, 0.29) is 37.5 Å². The number of aliphatic carboxylic acids is 1. The largest absolute Gasteiger partial charge is 0.480 e. The predicted octanol–water partition coefficient (Wildman–Crippen LogP) is -2.27. The van der Waals surface area contributed by atoms with Gasteiger partial charge in [0.2, 0.25) is 23.6 Å². The Kier molecular flexibility index (Phi) is 11.9. The fraction of sp³-hybridized carbons (Fsp3) is 0.688. The normalized spacial score (nSPS) is 13.9. The number of primary amides is 1. The van der Waals surface area contributed by atoms with Crippen molar-refractivity contribution in [1.29, 1.82) is 0 Å². The second-order valence-electron chi connectivity index (χ2n) is 6.60. The zero-order valence-electron chi connectivity index (χ0n) is 15.9. The Bertz CT molecular complexity index is 586. The highest BCUT2D eigenvalue weighted by atomic mass is 32.1. The average Bonchev–Trinajstić information content (AvgIpc) is 2.61. The molecule has 0 saturated carbocycles. The first-order valence-electron chi connectivity index (χ1n) is 8.73. The summed E-state index contributed by atoms with van der Waals surface area (Å²) >= 11 is 4.01. The molecule has 8 N–H and O–H groups in total. The van der Waals surface area contributed by atoms with Gasteiger partial charge in [0.25, 0.3) is 0 Å². The van der Waals surface area contributed by atoms with Gasteiger partial charge in [-0.05, 0) is 18.8 Å². The van der Waals surface area contributed by atoms with Gasteiger partial charge < -0.3 is 32.5 Å². The van der Waals surface area contributed by atoms with E-state index in [0.717, 1.165) is 0 Å². The number of carbonyl (C=O) groups excluding carboxylic acids is 4.